The minimum absolute atomic E-state index is 0.228. The van der Waals surface area contributed by atoms with Gasteiger partial charge in [-0.1, -0.05) is 36.6 Å². The van der Waals surface area contributed by atoms with E-state index in [-0.39, 0.29) is 22.0 Å². The zero-order valence-electron chi connectivity index (χ0n) is 18.5. The normalized spacial score (nSPS) is 15.3. The molecule has 0 aromatic heterocycles. The highest BCUT2D eigenvalue weighted by Gasteiger charge is 2.30. The molecule has 2 N–H and O–H groups in total. The predicted molar refractivity (Wildman–Crippen MR) is 130 cm³/mol. The van der Waals surface area contributed by atoms with Crippen LogP contribution in [0.4, 0.5) is 5.69 Å². The van der Waals surface area contributed by atoms with Crippen LogP contribution in [-0.2, 0) is 14.6 Å². The Hall–Kier alpha value is -2.32. The van der Waals surface area contributed by atoms with E-state index in [9.17, 15) is 18.0 Å². The van der Waals surface area contributed by atoms with Crippen LogP contribution in [0.15, 0.2) is 53.4 Å². The number of carbonyl (C=O) groups excluding carboxylic acids is 2. The third-order valence-electron chi connectivity index (χ3n) is 5.68. The monoisotopic (exact) mass is 474 g/mol. The van der Waals surface area contributed by atoms with Crippen LogP contribution in [0.5, 0.6) is 0 Å². The van der Waals surface area contributed by atoms with Crippen molar-refractivity contribution in [3.05, 3.63) is 59.7 Å². The molecule has 1 atom stereocenters. The van der Waals surface area contributed by atoms with Gasteiger partial charge in [0.2, 0.25) is 5.91 Å². The molecule has 172 valence electrons. The quantitative estimate of drug-likeness (QED) is 0.568. The van der Waals surface area contributed by atoms with E-state index in [1.165, 1.54) is 6.07 Å². The number of carbonyl (C=O) groups is 2. The van der Waals surface area contributed by atoms with Crippen LogP contribution in [0.3, 0.4) is 0 Å². The third-order valence-corrected chi connectivity index (χ3v) is 8.59. The summed E-state index contributed by atoms with van der Waals surface area (Å²) in [5, 5.41) is 5.27. The van der Waals surface area contributed by atoms with Gasteiger partial charge in [-0.25, -0.2) is 8.42 Å². The fourth-order valence-corrected chi connectivity index (χ4v) is 6.27. The maximum Gasteiger partial charge on any atom is 0.251 e. The first-order valence-corrected chi connectivity index (χ1v) is 13.8. The predicted octanol–water partition coefficient (Wildman–Crippen LogP) is 4.20. The van der Waals surface area contributed by atoms with E-state index in [0.29, 0.717) is 36.3 Å². The summed E-state index contributed by atoms with van der Waals surface area (Å²) in [7, 11) is -3.41. The van der Waals surface area contributed by atoms with Crippen molar-refractivity contribution in [2.45, 2.75) is 55.2 Å². The van der Waals surface area contributed by atoms with Crippen LogP contribution in [0, 0.1) is 6.92 Å². The van der Waals surface area contributed by atoms with Crippen molar-refractivity contribution in [1.29, 1.82) is 0 Å². The minimum Gasteiger partial charge on any atom is -0.340 e. The van der Waals surface area contributed by atoms with E-state index in [1.807, 2.05) is 19.2 Å². The third kappa shape index (κ3) is 6.13. The summed E-state index contributed by atoms with van der Waals surface area (Å²) in [6.07, 6.45) is 5.62. The summed E-state index contributed by atoms with van der Waals surface area (Å²) >= 11 is 1.59. The number of nitrogens with one attached hydrogen (secondary N) is 2. The summed E-state index contributed by atoms with van der Waals surface area (Å²) in [6, 6.07) is 12.9. The van der Waals surface area contributed by atoms with Crippen molar-refractivity contribution in [1.82, 2.24) is 5.32 Å². The van der Waals surface area contributed by atoms with Crippen molar-refractivity contribution >= 4 is 39.1 Å². The Morgan fingerprint density at radius 3 is 2.50 bits per heavy atom. The molecule has 0 radical (unpaired) electrons. The average Bonchev–Trinajstić information content (AvgIpc) is 3.32. The van der Waals surface area contributed by atoms with Gasteiger partial charge in [-0.05, 0) is 68.5 Å². The van der Waals surface area contributed by atoms with Gasteiger partial charge < -0.3 is 10.6 Å². The number of amides is 2. The number of hydrogen-bond acceptors (Lipinski definition) is 5. The second kappa shape index (κ2) is 11.0. The number of aryl methyl sites for hydroxylation is 1. The van der Waals surface area contributed by atoms with Crippen molar-refractivity contribution in [3.63, 3.8) is 0 Å². The number of anilines is 1. The standard InChI is InChI=1S/C24H30N2O4S2/c1-17-7-5-8-18(15-17)23(27)26-22(13-14-31-2)24(28)25-19-9-6-12-21(16-19)32(29,30)20-10-3-4-11-20/h5-9,12,15-16,20,22H,3-4,10-11,13-14H2,1-2H3,(H,25,28)(H,26,27). The zero-order chi connectivity index (χ0) is 23.1. The SMILES string of the molecule is CSCCC(NC(=O)c1cccc(C)c1)C(=O)Nc1cccc(S(=O)(=O)C2CCCC2)c1. The summed E-state index contributed by atoms with van der Waals surface area (Å²) in [5.74, 6) is 0.0189. The summed E-state index contributed by atoms with van der Waals surface area (Å²) < 4.78 is 25.8. The highest BCUT2D eigenvalue weighted by Crippen LogP contribution is 2.30. The van der Waals surface area contributed by atoms with Gasteiger partial charge >= 0.3 is 0 Å². The van der Waals surface area contributed by atoms with Crippen molar-refractivity contribution in [2.24, 2.45) is 0 Å². The molecular weight excluding hydrogens is 444 g/mol. The Balaban J connectivity index is 1.74. The molecule has 0 saturated heterocycles. The van der Waals surface area contributed by atoms with E-state index in [4.69, 9.17) is 0 Å². The van der Waals surface area contributed by atoms with Gasteiger partial charge in [-0.2, -0.15) is 11.8 Å². The van der Waals surface area contributed by atoms with Crippen LogP contribution in [-0.4, -0.2) is 43.5 Å². The number of rotatable bonds is 9. The Bertz CT molecular complexity index is 1060. The van der Waals surface area contributed by atoms with E-state index < -0.39 is 15.9 Å². The summed E-state index contributed by atoms with van der Waals surface area (Å²) in [6.45, 7) is 1.90. The van der Waals surface area contributed by atoms with Crippen molar-refractivity contribution < 1.29 is 18.0 Å². The molecule has 0 spiro atoms. The van der Waals surface area contributed by atoms with Gasteiger partial charge in [0.05, 0.1) is 10.1 Å². The molecule has 0 heterocycles. The molecule has 1 unspecified atom stereocenters. The molecule has 2 aromatic rings. The number of sulfone groups is 1. The van der Waals surface area contributed by atoms with Gasteiger partial charge in [0, 0.05) is 11.3 Å². The molecule has 1 saturated carbocycles. The number of hydrogen-bond donors (Lipinski definition) is 2. The van der Waals surface area contributed by atoms with E-state index >= 15 is 0 Å². The first-order valence-electron chi connectivity index (χ1n) is 10.8. The van der Waals surface area contributed by atoms with Crippen LogP contribution in [0.2, 0.25) is 0 Å². The Labute approximate surface area is 194 Å². The second-order valence-electron chi connectivity index (χ2n) is 8.15. The second-order valence-corrected chi connectivity index (χ2v) is 11.4. The first-order chi connectivity index (χ1) is 15.3. The summed E-state index contributed by atoms with van der Waals surface area (Å²) in [5.41, 5.74) is 1.87. The van der Waals surface area contributed by atoms with Crippen molar-refractivity contribution in [3.8, 4) is 0 Å². The molecule has 1 aliphatic rings. The lowest BCUT2D eigenvalue weighted by atomic mass is 10.1. The van der Waals surface area contributed by atoms with E-state index in [0.717, 1.165) is 18.4 Å². The topological polar surface area (TPSA) is 92.3 Å². The molecule has 1 fully saturated rings. The lowest BCUT2D eigenvalue weighted by Crippen LogP contribution is -2.44. The highest BCUT2D eigenvalue weighted by atomic mass is 32.2. The summed E-state index contributed by atoms with van der Waals surface area (Å²) in [4.78, 5) is 25.9. The van der Waals surface area contributed by atoms with Crippen LogP contribution < -0.4 is 10.6 Å². The van der Waals surface area contributed by atoms with Gasteiger partial charge in [0.1, 0.15) is 6.04 Å². The Morgan fingerprint density at radius 2 is 1.81 bits per heavy atom. The molecular formula is C24H30N2O4S2. The largest absolute Gasteiger partial charge is 0.340 e. The van der Waals surface area contributed by atoms with Gasteiger partial charge in [0.25, 0.3) is 5.91 Å². The average molecular weight is 475 g/mol. The van der Waals surface area contributed by atoms with E-state index in [2.05, 4.69) is 10.6 Å². The zero-order valence-corrected chi connectivity index (χ0v) is 20.1. The number of thioether (sulfide) groups is 1. The lowest BCUT2D eigenvalue weighted by Gasteiger charge is -2.19. The molecule has 0 bridgehead atoms. The van der Waals surface area contributed by atoms with Crippen LogP contribution in [0.1, 0.15) is 48.0 Å². The maximum absolute atomic E-state index is 13.0. The molecule has 3 rings (SSSR count). The van der Waals surface area contributed by atoms with Crippen molar-refractivity contribution in [2.75, 3.05) is 17.3 Å². The first kappa shape index (κ1) is 24.3. The molecule has 6 nitrogen and oxygen atoms in total. The minimum atomic E-state index is -3.41. The Morgan fingerprint density at radius 1 is 1.09 bits per heavy atom. The fraction of sp³-hybridized carbons (Fsp3) is 0.417. The number of benzene rings is 2. The Kier molecular flexibility index (Phi) is 8.37. The van der Waals surface area contributed by atoms with Crippen LogP contribution in [0.25, 0.3) is 0 Å². The van der Waals surface area contributed by atoms with Gasteiger partial charge in [0.15, 0.2) is 9.84 Å². The molecule has 32 heavy (non-hydrogen) atoms. The fourth-order valence-electron chi connectivity index (χ4n) is 3.90. The lowest BCUT2D eigenvalue weighted by molar-refractivity contribution is -0.118. The van der Waals surface area contributed by atoms with E-state index in [1.54, 1.807) is 48.2 Å². The molecule has 0 aliphatic heterocycles. The molecule has 8 heteroatoms. The smallest absolute Gasteiger partial charge is 0.251 e. The highest BCUT2D eigenvalue weighted by molar-refractivity contribution is 7.98. The van der Waals surface area contributed by atoms with Gasteiger partial charge in [-0.3, -0.25) is 9.59 Å². The molecule has 1 aliphatic carbocycles. The molecule has 2 aromatic carbocycles. The molecule has 2 amide bonds. The van der Waals surface area contributed by atoms with Gasteiger partial charge in [-0.15, -0.1) is 0 Å². The van der Waals surface area contributed by atoms with Crippen LogP contribution >= 0.6 is 11.8 Å². The maximum atomic E-state index is 13.0.